The van der Waals surface area contributed by atoms with E-state index in [4.69, 9.17) is 4.74 Å². The number of hydrogen-bond donors (Lipinski definition) is 0. The van der Waals surface area contributed by atoms with Crippen molar-refractivity contribution >= 4 is 23.2 Å². The first-order valence-corrected chi connectivity index (χ1v) is 9.68. The lowest BCUT2D eigenvalue weighted by atomic mass is 9.97. The van der Waals surface area contributed by atoms with Crippen molar-refractivity contribution in [1.29, 1.82) is 0 Å². The van der Waals surface area contributed by atoms with Crippen molar-refractivity contribution in [2.75, 3.05) is 26.2 Å². The van der Waals surface area contributed by atoms with Gasteiger partial charge in [-0.2, -0.15) is 0 Å². The van der Waals surface area contributed by atoms with Crippen molar-refractivity contribution in [1.82, 2.24) is 9.80 Å². The highest BCUT2D eigenvalue weighted by atomic mass is 16.5. The Kier molecular flexibility index (Phi) is 5.37. The van der Waals surface area contributed by atoms with E-state index < -0.39 is 5.72 Å². The van der Waals surface area contributed by atoms with Crippen LogP contribution in [0.4, 0.5) is 11.4 Å². The van der Waals surface area contributed by atoms with Crippen LogP contribution in [0.1, 0.15) is 33.6 Å². The Morgan fingerprint density at radius 1 is 0.767 bits per heavy atom. The zero-order valence-corrected chi connectivity index (χ0v) is 16.2. The van der Waals surface area contributed by atoms with Crippen molar-refractivity contribution in [3.63, 3.8) is 0 Å². The summed E-state index contributed by atoms with van der Waals surface area (Å²) in [6, 6.07) is 12.4. The molecule has 9 heteroatoms. The third-order valence-corrected chi connectivity index (χ3v) is 5.69. The molecule has 2 aliphatic rings. The van der Waals surface area contributed by atoms with Gasteiger partial charge in [0.25, 0.3) is 11.8 Å². The molecule has 2 saturated heterocycles. The maximum Gasteiger partial charge on any atom is 0.256 e. The number of amides is 2. The summed E-state index contributed by atoms with van der Waals surface area (Å²) in [6.45, 7) is 1.81. The van der Waals surface area contributed by atoms with Crippen molar-refractivity contribution in [2.24, 2.45) is 10.4 Å². The second-order valence-corrected chi connectivity index (χ2v) is 7.32. The van der Waals surface area contributed by atoms with Crippen LogP contribution in [0.15, 0.2) is 58.9 Å². The molecule has 2 heterocycles. The van der Waals surface area contributed by atoms with Crippen LogP contribution in [0, 0.1) is 9.81 Å². The minimum Gasteiger partial charge on any atom is -0.354 e. The van der Waals surface area contributed by atoms with Gasteiger partial charge in [0.2, 0.25) is 0 Å². The largest absolute Gasteiger partial charge is 0.354 e. The fraction of sp³-hybridized carbons (Fsp3) is 0.333. The second-order valence-electron chi connectivity index (χ2n) is 7.32. The van der Waals surface area contributed by atoms with Crippen molar-refractivity contribution in [3.8, 4) is 0 Å². The van der Waals surface area contributed by atoms with E-state index in [1.54, 1.807) is 34.1 Å². The van der Waals surface area contributed by atoms with Gasteiger partial charge in [0, 0.05) is 43.6 Å². The number of nitroso groups, excluding NO2 is 2. The average molecular weight is 408 g/mol. The Morgan fingerprint density at radius 3 is 1.77 bits per heavy atom. The van der Waals surface area contributed by atoms with Gasteiger partial charge in [-0.25, -0.2) is 0 Å². The lowest BCUT2D eigenvalue weighted by Gasteiger charge is -2.43. The summed E-state index contributed by atoms with van der Waals surface area (Å²) in [5.74, 6) is -0.295. The fourth-order valence-corrected chi connectivity index (χ4v) is 4.04. The van der Waals surface area contributed by atoms with E-state index in [-0.39, 0.29) is 23.2 Å². The highest BCUT2D eigenvalue weighted by molar-refractivity contribution is 5.96. The molecule has 2 aromatic rings. The molecular formula is C21H20N4O5. The maximum absolute atomic E-state index is 13.0. The molecule has 2 aliphatic heterocycles. The molecular weight excluding hydrogens is 388 g/mol. The Morgan fingerprint density at radius 2 is 1.27 bits per heavy atom. The molecule has 0 aromatic heterocycles. The molecule has 2 fully saturated rings. The van der Waals surface area contributed by atoms with Gasteiger partial charge < -0.3 is 14.5 Å². The molecule has 154 valence electrons. The SMILES string of the molecule is O=Nc1ccc(C(=O)N2CCC3(CC2)OCCN3C(=O)c2ccc(N=O)cc2)cc1. The van der Waals surface area contributed by atoms with Gasteiger partial charge in [-0.05, 0) is 58.9 Å². The van der Waals surface area contributed by atoms with Gasteiger partial charge in [0.15, 0.2) is 0 Å². The number of benzene rings is 2. The summed E-state index contributed by atoms with van der Waals surface area (Å²) in [4.78, 5) is 50.4. The number of hydrogen-bond acceptors (Lipinski definition) is 7. The molecule has 0 saturated carbocycles. The molecule has 0 unspecified atom stereocenters. The third kappa shape index (κ3) is 3.59. The van der Waals surface area contributed by atoms with E-state index in [0.29, 0.717) is 50.2 Å². The van der Waals surface area contributed by atoms with Crippen LogP contribution < -0.4 is 0 Å². The Labute approximate surface area is 172 Å². The number of piperidine rings is 1. The van der Waals surface area contributed by atoms with Crippen LogP contribution >= 0.6 is 0 Å². The number of rotatable bonds is 4. The van der Waals surface area contributed by atoms with Gasteiger partial charge >= 0.3 is 0 Å². The molecule has 1 spiro atoms. The van der Waals surface area contributed by atoms with Crippen molar-refractivity contribution in [3.05, 3.63) is 69.5 Å². The number of likely N-dealkylation sites (tertiary alicyclic amines) is 1. The number of ether oxygens (including phenoxy) is 1. The van der Waals surface area contributed by atoms with Crippen molar-refractivity contribution in [2.45, 2.75) is 18.6 Å². The lowest BCUT2D eigenvalue weighted by molar-refractivity contribution is -0.100. The molecule has 0 radical (unpaired) electrons. The van der Waals surface area contributed by atoms with Gasteiger partial charge in [-0.3, -0.25) is 9.59 Å². The molecule has 9 nitrogen and oxygen atoms in total. The number of carbonyl (C=O) groups is 2. The quantitative estimate of drug-likeness (QED) is 0.718. The molecule has 0 N–H and O–H groups in total. The molecule has 30 heavy (non-hydrogen) atoms. The van der Waals surface area contributed by atoms with Gasteiger partial charge in [0.05, 0.1) is 6.61 Å². The summed E-state index contributed by atoms with van der Waals surface area (Å²) in [5.41, 5.74) is 0.760. The average Bonchev–Trinajstić information content (AvgIpc) is 3.21. The molecule has 2 aromatic carbocycles. The molecule has 4 rings (SSSR count). The Hall–Kier alpha value is -3.46. The van der Waals surface area contributed by atoms with Gasteiger partial charge in [0.1, 0.15) is 17.1 Å². The summed E-state index contributed by atoms with van der Waals surface area (Å²) < 4.78 is 6.00. The van der Waals surface area contributed by atoms with Crippen LogP contribution in [0.5, 0.6) is 0 Å². The predicted molar refractivity (Wildman–Crippen MR) is 109 cm³/mol. The highest BCUT2D eigenvalue weighted by Crippen LogP contribution is 2.36. The molecule has 2 amide bonds. The van der Waals surface area contributed by atoms with E-state index in [9.17, 15) is 19.4 Å². The summed E-state index contributed by atoms with van der Waals surface area (Å²) in [7, 11) is 0. The van der Waals surface area contributed by atoms with Gasteiger partial charge in [-0.1, -0.05) is 0 Å². The minimum atomic E-state index is -0.735. The topological polar surface area (TPSA) is 109 Å². The zero-order chi connectivity index (χ0) is 21.1. The normalized spacial score (nSPS) is 17.7. The molecule has 0 atom stereocenters. The second kappa shape index (κ2) is 8.11. The smallest absolute Gasteiger partial charge is 0.256 e. The van der Waals surface area contributed by atoms with Gasteiger partial charge in [-0.15, -0.1) is 9.81 Å². The molecule has 0 aliphatic carbocycles. The zero-order valence-electron chi connectivity index (χ0n) is 16.2. The van der Waals surface area contributed by atoms with Crippen molar-refractivity contribution < 1.29 is 14.3 Å². The van der Waals surface area contributed by atoms with E-state index in [1.807, 2.05) is 0 Å². The van der Waals surface area contributed by atoms with E-state index in [2.05, 4.69) is 10.4 Å². The van der Waals surface area contributed by atoms with E-state index in [0.717, 1.165) is 0 Å². The fourth-order valence-electron chi connectivity index (χ4n) is 4.04. The van der Waals surface area contributed by atoms with Crippen LogP contribution in [0.25, 0.3) is 0 Å². The van der Waals surface area contributed by atoms with Crippen LogP contribution in [0.2, 0.25) is 0 Å². The summed E-state index contributed by atoms with van der Waals surface area (Å²) >= 11 is 0. The monoisotopic (exact) mass is 408 g/mol. The maximum atomic E-state index is 13.0. The standard InChI is InChI=1S/C21H20N4O5/c26-19(15-1-5-17(22-28)6-2-15)24-11-9-21(10-12-24)25(13-14-30-21)20(27)16-3-7-18(23-29)8-4-16/h1-8H,9-14H2. The predicted octanol–water partition coefficient (Wildman–Crippen LogP) is 3.59. The first-order valence-electron chi connectivity index (χ1n) is 9.68. The highest BCUT2D eigenvalue weighted by Gasteiger charge is 2.47. The van der Waals surface area contributed by atoms with E-state index >= 15 is 0 Å². The first-order chi connectivity index (χ1) is 14.6. The number of carbonyl (C=O) groups excluding carboxylic acids is 2. The molecule has 0 bridgehead atoms. The van der Waals surface area contributed by atoms with Crippen LogP contribution in [0.3, 0.4) is 0 Å². The number of nitrogens with zero attached hydrogens (tertiary/aromatic N) is 4. The lowest BCUT2D eigenvalue weighted by Crippen LogP contribution is -2.55. The summed E-state index contributed by atoms with van der Waals surface area (Å²) in [5, 5.41) is 5.70. The summed E-state index contributed by atoms with van der Waals surface area (Å²) in [6.07, 6.45) is 1.01. The Bertz CT molecular complexity index is 966. The Balaban J connectivity index is 1.45. The van der Waals surface area contributed by atoms with Crippen LogP contribution in [-0.4, -0.2) is 53.6 Å². The van der Waals surface area contributed by atoms with E-state index in [1.165, 1.54) is 24.3 Å². The first kappa shape index (κ1) is 19.8. The van der Waals surface area contributed by atoms with Crippen LogP contribution in [-0.2, 0) is 4.74 Å². The third-order valence-electron chi connectivity index (χ3n) is 5.69. The minimum absolute atomic E-state index is 0.130.